The van der Waals surface area contributed by atoms with E-state index in [1.807, 2.05) is 19.2 Å². The number of nitrogens with zero attached hydrogens (tertiary/aromatic N) is 2. The van der Waals surface area contributed by atoms with Gasteiger partial charge in [-0.05, 0) is 47.3 Å². The molecule has 5 nitrogen and oxygen atoms in total. The maximum Gasteiger partial charge on any atom is 0.224 e. The third kappa shape index (κ3) is 3.49. The van der Waals surface area contributed by atoms with E-state index in [4.69, 9.17) is 5.73 Å². The predicted molar refractivity (Wildman–Crippen MR) is 83.7 cm³/mol. The summed E-state index contributed by atoms with van der Waals surface area (Å²) < 4.78 is 1.02. The van der Waals surface area contributed by atoms with E-state index in [2.05, 4.69) is 31.1 Å². The summed E-state index contributed by atoms with van der Waals surface area (Å²) in [6.07, 6.45) is 3.74. The molecule has 20 heavy (non-hydrogen) atoms. The molecule has 0 radical (unpaired) electrons. The summed E-state index contributed by atoms with van der Waals surface area (Å²) in [5.74, 6) is 1.05. The second kappa shape index (κ2) is 7.04. The number of amides is 1. The Labute approximate surface area is 128 Å². The Kier molecular flexibility index (Phi) is 5.37. The van der Waals surface area contributed by atoms with Crippen molar-refractivity contribution in [2.24, 2.45) is 11.7 Å². The van der Waals surface area contributed by atoms with Gasteiger partial charge in [0.15, 0.2) is 0 Å². The highest BCUT2D eigenvalue weighted by Gasteiger charge is 2.27. The topological polar surface area (TPSA) is 71.2 Å². The van der Waals surface area contributed by atoms with E-state index >= 15 is 0 Å². The summed E-state index contributed by atoms with van der Waals surface area (Å²) in [5.41, 5.74) is 6.58. The van der Waals surface area contributed by atoms with Crippen LogP contribution in [-0.2, 0) is 4.79 Å². The van der Waals surface area contributed by atoms with Crippen molar-refractivity contribution in [2.45, 2.75) is 19.8 Å². The molecular weight excluding hydrogens is 320 g/mol. The fourth-order valence-corrected chi connectivity index (χ4v) is 2.95. The molecule has 3 N–H and O–H groups in total. The molecule has 1 atom stereocenters. The van der Waals surface area contributed by atoms with Gasteiger partial charge in [0.2, 0.25) is 5.91 Å². The molecule has 6 heteroatoms. The first-order chi connectivity index (χ1) is 9.63. The van der Waals surface area contributed by atoms with Crippen LogP contribution in [0.4, 0.5) is 5.82 Å². The summed E-state index contributed by atoms with van der Waals surface area (Å²) in [5, 5.41) is 2.88. The minimum atomic E-state index is 0.0181. The number of aryl methyl sites for hydroxylation is 1. The third-order valence-electron chi connectivity index (χ3n) is 3.60. The summed E-state index contributed by atoms with van der Waals surface area (Å²) >= 11 is 3.59. The van der Waals surface area contributed by atoms with Crippen molar-refractivity contribution in [3.8, 4) is 0 Å². The zero-order chi connectivity index (χ0) is 14.5. The van der Waals surface area contributed by atoms with E-state index < -0.39 is 0 Å². The van der Waals surface area contributed by atoms with Crippen LogP contribution in [-0.4, -0.2) is 37.1 Å². The first-order valence-corrected chi connectivity index (χ1v) is 7.76. The highest BCUT2D eigenvalue weighted by molar-refractivity contribution is 9.10. The Hall–Kier alpha value is -1.14. The molecule has 1 saturated heterocycles. The number of hydrogen-bond donors (Lipinski definition) is 2. The van der Waals surface area contributed by atoms with Crippen LogP contribution in [0.15, 0.2) is 16.7 Å². The highest BCUT2D eigenvalue weighted by Crippen LogP contribution is 2.30. The van der Waals surface area contributed by atoms with Gasteiger partial charge < -0.3 is 16.0 Å². The van der Waals surface area contributed by atoms with Crippen molar-refractivity contribution in [1.82, 2.24) is 10.3 Å². The SMILES string of the molecule is Cc1ccnc(N2CCCC(C(=O)NCCN)C2)c1Br. The predicted octanol–water partition coefficient (Wildman–Crippen LogP) is 1.44. The summed E-state index contributed by atoms with van der Waals surface area (Å²) in [6, 6.07) is 1.98. The lowest BCUT2D eigenvalue weighted by Crippen LogP contribution is -2.44. The van der Waals surface area contributed by atoms with Gasteiger partial charge in [0, 0.05) is 32.4 Å². The normalized spacial score (nSPS) is 18.9. The number of anilines is 1. The molecule has 2 rings (SSSR count). The standard InChI is InChI=1S/C14H21BrN4O/c1-10-4-6-17-13(12(10)15)19-8-2-3-11(9-19)14(20)18-7-5-16/h4,6,11H,2-3,5,7-9,16H2,1H3,(H,18,20). The van der Waals surface area contributed by atoms with Crippen molar-refractivity contribution < 1.29 is 4.79 Å². The van der Waals surface area contributed by atoms with Gasteiger partial charge in [-0.2, -0.15) is 0 Å². The minimum absolute atomic E-state index is 0.0181. The molecule has 1 aromatic rings. The number of nitrogens with one attached hydrogen (secondary N) is 1. The average Bonchev–Trinajstić information content (AvgIpc) is 2.47. The van der Waals surface area contributed by atoms with Gasteiger partial charge in [0.1, 0.15) is 5.82 Å². The average molecular weight is 341 g/mol. The van der Waals surface area contributed by atoms with Crippen LogP contribution in [0.3, 0.4) is 0 Å². The Morgan fingerprint density at radius 3 is 3.20 bits per heavy atom. The van der Waals surface area contributed by atoms with Crippen LogP contribution in [0.2, 0.25) is 0 Å². The number of hydrogen-bond acceptors (Lipinski definition) is 4. The molecule has 1 aliphatic rings. The minimum Gasteiger partial charge on any atom is -0.355 e. The number of rotatable bonds is 4. The molecule has 0 aromatic carbocycles. The van der Waals surface area contributed by atoms with Gasteiger partial charge in [0.05, 0.1) is 10.4 Å². The van der Waals surface area contributed by atoms with Crippen LogP contribution in [0.25, 0.3) is 0 Å². The van der Waals surface area contributed by atoms with Gasteiger partial charge in [-0.3, -0.25) is 4.79 Å². The lowest BCUT2D eigenvalue weighted by molar-refractivity contribution is -0.125. The summed E-state index contributed by atoms with van der Waals surface area (Å²) in [7, 11) is 0. The monoisotopic (exact) mass is 340 g/mol. The Morgan fingerprint density at radius 2 is 2.45 bits per heavy atom. The van der Waals surface area contributed by atoms with Crippen molar-refractivity contribution in [3.63, 3.8) is 0 Å². The molecule has 0 bridgehead atoms. The molecule has 1 fully saturated rings. The zero-order valence-corrected chi connectivity index (χ0v) is 13.3. The van der Waals surface area contributed by atoms with Gasteiger partial charge >= 0.3 is 0 Å². The fraction of sp³-hybridized carbons (Fsp3) is 0.571. The maximum absolute atomic E-state index is 12.1. The molecule has 1 unspecified atom stereocenters. The zero-order valence-electron chi connectivity index (χ0n) is 11.7. The number of piperidine rings is 1. The Balaban J connectivity index is 2.06. The summed E-state index contributed by atoms with van der Waals surface area (Å²) in [6.45, 7) is 4.72. The van der Waals surface area contributed by atoms with Crippen LogP contribution in [0, 0.1) is 12.8 Å². The number of carbonyl (C=O) groups excluding carboxylic acids is 1. The van der Waals surface area contributed by atoms with E-state index in [0.717, 1.165) is 35.2 Å². The number of nitrogens with two attached hydrogens (primary N) is 1. The van der Waals surface area contributed by atoms with E-state index in [1.165, 1.54) is 0 Å². The largest absolute Gasteiger partial charge is 0.355 e. The molecular formula is C14H21BrN4O. The first-order valence-electron chi connectivity index (χ1n) is 6.97. The van der Waals surface area contributed by atoms with Gasteiger partial charge in [-0.15, -0.1) is 0 Å². The van der Waals surface area contributed by atoms with Crippen molar-refractivity contribution in [3.05, 3.63) is 22.3 Å². The quantitative estimate of drug-likeness (QED) is 0.870. The van der Waals surface area contributed by atoms with Crippen molar-refractivity contribution in [1.29, 1.82) is 0 Å². The van der Waals surface area contributed by atoms with Crippen LogP contribution >= 0.6 is 15.9 Å². The second-order valence-corrected chi connectivity index (χ2v) is 5.92. The molecule has 0 spiro atoms. The van der Waals surface area contributed by atoms with E-state index in [-0.39, 0.29) is 11.8 Å². The van der Waals surface area contributed by atoms with Crippen LogP contribution in [0.5, 0.6) is 0 Å². The van der Waals surface area contributed by atoms with Gasteiger partial charge in [-0.25, -0.2) is 4.98 Å². The van der Waals surface area contributed by atoms with Crippen LogP contribution in [0.1, 0.15) is 18.4 Å². The number of pyridine rings is 1. The smallest absolute Gasteiger partial charge is 0.224 e. The molecule has 1 amide bonds. The van der Waals surface area contributed by atoms with E-state index in [9.17, 15) is 4.79 Å². The third-order valence-corrected chi connectivity index (χ3v) is 4.58. The Morgan fingerprint density at radius 1 is 1.65 bits per heavy atom. The maximum atomic E-state index is 12.1. The van der Waals surface area contributed by atoms with Gasteiger partial charge in [-0.1, -0.05) is 0 Å². The number of aromatic nitrogens is 1. The number of carbonyl (C=O) groups is 1. The molecule has 1 aromatic heterocycles. The molecule has 110 valence electrons. The van der Waals surface area contributed by atoms with Crippen molar-refractivity contribution >= 4 is 27.7 Å². The number of halogens is 1. The highest BCUT2D eigenvalue weighted by atomic mass is 79.9. The lowest BCUT2D eigenvalue weighted by atomic mass is 9.97. The molecule has 2 heterocycles. The van der Waals surface area contributed by atoms with Crippen LogP contribution < -0.4 is 16.0 Å². The molecule has 0 aliphatic carbocycles. The van der Waals surface area contributed by atoms with Gasteiger partial charge in [0.25, 0.3) is 0 Å². The molecule has 0 saturated carbocycles. The fourth-order valence-electron chi connectivity index (χ4n) is 2.47. The van der Waals surface area contributed by atoms with Crippen molar-refractivity contribution in [2.75, 3.05) is 31.1 Å². The first kappa shape index (κ1) is 15.3. The second-order valence-electron chi connectivity index (χ2n) is 5.13. The Bertz CT molecular complexity index is 480. The molecule has 1 aliphatic heterocycles. The van der Waals surface area contributed by atoms with E-state index in [1.54, 1.807) is 0 Å². The summed E-state index contributed by atoms with van der Waals surface area (Å²) in [4.78, 5) is 18.7. The van der Waals surface area contributed by atoms with E-state index in [0.29, 0.717) is 19.6 Å². The lowest BCUT2D eigenvalue weighted by Gasteiger charge is -2.33.